The number of halogens is 2. The fourth-order valence-corrected chi connectivity index (χ4v) is 2.45. The van der Waals surface area contributed by atoms with Crippen LogP contribution in [0.1, 0.15) is 12.5 Å². The SMILES string of the molecule is CCN(C)C=Nc1cc(C)c(Nc2ccccc2Br)cc1Cl. The van der Waals surface area contributed by atoms with Gasteiger partial charge in [0.2, 0.25) is 0 Å². The highest BCUT2D eigenvalue weighted by Gasteiger charge is 2.07. The highest BCUT2D eigenvalue weighted by atomic mass is 79.9. The highest BCUT2D eigenvalue weighted by molar-refractivity contribution is 9.10. The van der Waals surface area contributed by atoms with E-state index in [0.29, 0.717) is 5.02 Å². The van der Waals surface area contributed by atoms with Crippen LogP contribution >= 0.6 is 27.5 Å². The Labute approximate surface area is 145 Å². The lowest BCUT2D eigenvalue weighted by molar-refractivity contribution is 0.552. The number of hydrogen-bond donors (Lipinski definition) is 1. The standard InChI is InChI=1S/C17H19BrClN3/c1-4-22(3)11-20-17-9-12(2)16(10-14(17)19)21-15-8-6-5-7-13(15)18/h5-11,21H,4H2,1-3H3. The zero-order chi connectivity index (χ0) is 16.1. The molecule has 116 valence electrons. The van der Waals surface area contributed by atoms with E-state index in [4.69, 9.17) is 11.6 Å². The second kappa shape index (κ2) is 7.65. The third kappa shape index (κ3) is 4.24. The van der Waals surface area contributed by atoms with Crippen molar-refractivity contribution in [3.8, 4) is 0 Å². The fourth-order valence-electron chi connectivity index (χ4n) is 1.85. The number of nitrogens with zero attached hydrogens (tertiary/aromatic N) is 2. The Kier molecular flexibility index (Phi) is 5.86. The van der Waals surface area contributed by atoms with E-state index in [1.54, 1.807) is 6.34 Å². The molecular weight excluding hydrogens is 362 g/mol. The largest absolute Gasteiger partial charge is 0.366 e. The van der Waals surface area contributed by atoms with Crippen molar-refractivity contribution in [1.29, 1.82) is 0 Å². The quantitative estimate of drug-likeness (QED) is 0.527. The van der Waals surface area contributed by atoms with E-state index in [-0.39, 0.29) is 0 Å². The Morgan fingerprint density at radius 2 is 2.00 bits per heavy atom. The molecule has 0 radical (unpaired) electrons. The van der Waals surface area contributed by atoms with E-state index in [1.165, 1.54) is 0 Å². The van der Waals surface area contributed by atoms with Crippen LogP contribution in [0.15, 0.2) is 45.9 Å². The Hall–Kier alpha value is -1.52. The molecule has 0 aliphatic rings. The minimum absolute atomic E-state index is 0.626. The predicted molar refractivity (Wildman–Crippen MR) is 100 cm³/mol. The molecule has 0 fully saturated rings. The van der Waals surface area contributed by atoms with Crippen molar-refractivity contribution in [2.75, 3.05) is 18.9 Å². The van der Waals surface area contributed by atoms with Crippen molar-refractivity contribution in [3.63, 3.8) is 0 Å². The predicted octanol–water partition coefficient (Wildman–Crippen LogP) is 5.77. The third-order valence-electron chi connectivity index (χ3n) is 3.33. The minimum atomic E-state index is 0.626. The minimum Gasteiger partial charge on any atom is -0.366 e. The van der Waals surface area contributed by atoms with Crippen LogP contribution in [0.2, 0.25) is 5.02 Å². The van der Waals surface area contributed by atoms with E-state index >= 15 is 0 Å². The highest BCUT2D eigenvalue weighted by Crippen LogP contribution is 2.34. The number of aryl methyl sites for hydroxylation is 1. The second-order valence-corrected chi connectivity index (χ2v) is 6.30. The van der Waals surface area contributed by atoms with E-state index in [0.717, 1.165) is 33.6 Å². The van der Waals surface area contributed by atoms with Crippen LogP contribution in [-0.4, -0.2) is 24.8 Å². The smallest absolute Gasteiger partial charge is 0.0910 e. The van der Waals surface area contributed by atoms with Crippen molar-refractivity contribution in [2.45, 2.75) is 13.8 Å². The van der Waals surface area contributed by atoms with Crippen molar-refractivity contribution >= 4 is 50.9 Å². The maximum absolute atomic E-state index is 6.35. The lowest BCUT2D eigenvalue weighted by atomic mass is 10.1. The number of anilines is 2. The molecule has 0 heterocycles. The van der Waals surface area contributed by atoms with Crippen molar-refractivity contribution in [3.05, 3.63) is 51.5 Å². The second-order valence-electron chi connectivity index (χ2n) is 5.04. The number of aliphatic imine (C=N–C) groups is 1. The maximum atomic E-state index is 6.35. The molecule has 0 amide bonds. The summed E-state index contributed by atoms with van der Waals surface area (Å²) >= 11 is 9.89. The van der Waals surface area contributed by atoms with Crippen LogP contribution in [0.25, 0.3) is 0 Å². The van der Waals surface area contributed by atoms with Gasteiger partial charge in [0, 0.05) is 23.8 Å². The molecular formula is C17H19BrClN3. The molecule has 2 aromatic carbocycles. The monoisotopic (exact) mass is 379 g/mol. The molecule has 2 aromatic rings. The van der Waals surface area contributed by atoms with Crippen molar-refractivity contribution in [1.82, 2.24) is 4.90 Å². The molecule has 0 spiro atoms. The molecule has 22 heavy (non-hydrogen) atoms. The molecule has 2 rings (SSSR count). The summed E-state index contributed by atoms with van der Waals surface area (Å²) in [6, 6.07) is 11.9. The van der Waals surface area contributed by atoms with Crippen molar-refractivity contribution < 1.29 is 0 Å². The fraction of sp³-hybridized carbons (Fsp3) is 0.235. The first-order valence-corrected chi connectivity index (χ1v) is 8.24. The van der Waals surface area contributed by atoms with Gasteiger partial charge in [0.25, 0.3) is 0 Å². The van der Waals surface area contributed by atoms with Crippen molar-refractivity contribution in [2.24, 2.45) is 4.99 Å². The van der Waals surface area contributed by atoms with Crippen LogP contribution < -0.4 is 5.32 Å². The number of rotatable bonds is 5. The van der Waals surface area contributed by atoms with E-state index in [1.807, 2.05) is 55.3 Å². The van der Waals surface area contributed by atoms with Gasteiger partial charge < -0.3 is 10.2 Å². The molecule has 3 nitrogen and oxygen atoms in total. The van der Waals surface area contributed by atoms with Gasteiger partial charge in [-0.1, -0.05) is 23.7 Å². The average molecular weight is 381 g/mol. The van der Waals surface area contributed by atoms with Gasteiger partial charge in [0.05, 0.1) is 22.7 Å². The van der Waals surface area contributed by atoms with E-state index in [2.05, 4.69) is 33.2 Å². The zero-order valence-electron chi connectivity index (χ0n) is 12.9. The normalized spacial score (nSPS) is 11.0. The first-order valence-electron chi connectivity index (χ1n) is 7.07. The lowest BCUT2D eigenvalue weighted by Crippen LogP contribution is -2.14. The number of hydrogen-bond acceptors (Lipinski definition) is 2. The Balaban J connectivity index is 2.27. The molecule has 0 saturated carbocycles. The zero-order valence-corrected chi connectivity index (χ0v) is 15.2. The maximum Gasteiger partial charge on any atom is 0.0910 e. The van der Waals surface area contributed by atoms with Gasteiger partial charge in [-0.3, -0.25) is 0 Å². The lowest BCUT2D eigenvalue weighted by Gasteiger charge is -2.13. The summed E-state index contributed by atoms with van der Waals surface area (Å²) in [5.74, 6) is 0. The third-order valence-corrected chi connectivity index (χ3v) is 4.32. The molecule has 0 saturated heterocycles. The topological polar surface area (TPSA) is 27.6 Å². The Bertz CT molecular complexity index is 686. The first kappa shape index (κ1) is 16.8. The molecule has 0 aliphatic heterocycles. The van der Waals surface area contributed by atoms with Gasteiger partial charge >= 0.3 is 0 Å². The molecule has 1 N–H and O–H groups in total. The summed E-state index contributed by atoms with van der Waals surface area (Å²) in [5, 5.41) is 4.02. The summed E-state index contributed by atoms with van der Waals surface area (Å²) in [6.07, 6.45) is 1.79. The summed E-state index contributed by atoms with van der Waals surface area (Å²) < 4.78 is 1.01. The summed E-state index contributed by atoms with van der Waals surface area (Å²) in [6.45, 7) is 5.02. The molecule has 0 atom stereocenters. The molecule has 0 aliphatic carbocycles. The number of nitrogens with one attached hydrogen (secondary N) is 1. The molecule has 0 bridgehead atoms. The van der Waals surface area contributed by atoms with Crippen LogP contribution in [0.5, 0.6) is 0 Å². The van der Waals surface area contributed by atoms with Gasteiger partial charge in [-0.25, -0.2) is 4.99 Å². The van der Waals surface area contributed by atoms with E-state index in [9.17, 15) is 0 Å². The van der Waals surface area contributed by atoms with Gasteiger partial charge in [0.1, 0.15) is 0 Å². The Morgan fingerprint density at radius 3 is 2.68 bits per heavy atom. The number of benzene rings is 2. The summed E-state index contributed by atoms with van der Waals surface area (Å²) in [4.78, 5) is 6.43. The molecule has 0 unspecified atom stereocenters. The number of para-hydroxylation sites is 1. The summed E-state index contributed by atoms with van der Waals surface area (Å²) in [7, 11) is 1.98. The van der Waals surface area contributed by atoms with Crippen LogP contribution in [0.3, 0.4) is 0 Å². The average Bonchev–Trinajstić information content (AvgIpc) is 2.51. The van der Waals surface area contributed by atoms with Gasteiger partial charge in [-0.15, -0.1) is 0 Å². The van der Waals surface area contributed by atoms with Crippen LogP contribution in [0, 0.1) is 6.92 Å². The van der Waals surface area contributed by atoms with E-state index < -0.39 is 0 Å². The Morgan fingerprint density at radius 1 is 1.27 bits per heavy atom. The van der Waals surface area contributed by atoms with Gasteiger partial charge in [-0.2, -0.15) is 0 Å². The molecule has 0 aromatic heterocycles. The molecule has 5 heteroatoms. The first-order chi connectivity index (χ1) is 10.5. The van der Waals surface area contributed by atoms with Gasteiger partial charge in [-0.05, 0) is 59.6 Å². The van der Waals surface area contributed by atoms with Crippen LogP contribution in [0.4, 0.5) is 17.1 Å². The van der Waals surface area contributed by atoms with Crippen LogP contribution in [-0.2, 0) is 0 Å². The summed E-state index contributed by atoms with van der Waals surface area (Å²) in [5.41, 5.74) is 3.84. The van der Waals surface area contributed by atoms with Gasteiger partial charge in [0.15, 0.2) is 0 Å².